The minimum absolute atomic E-state index is 0.156. The van der Waals surface area contributed by atoms with Crippen LogP contribution in [-0.2, 0) is 0 Å². The van der Waals surface area contributed by atoms with Gasteiger partial charge < -0.3 is 4.72 Å². The topological polar surface area (TPSA) is 55.2 Å². The fourth-order valence-electron chi connectivity index (χ4n) is 1.23. The third-order valence-corrected chi connectivity index (χ3v) is 2.95. The number of anilines is 1. The van der Waals surface area contributed by atoms with Crippen molar-refractivity contribution in [3.8, 4) is 0 Å². The third kappa shape index (κ3) is 1.31. The molecule has 1 unspecified atom stereocenters. The Morgan fingerprint density at radius 3 is 3.00 bits per heavy atom. The SMILES string of the molecule is O=[N+]([O-])c1ccc(Cl)c2c1NSC2F. The summed E-state index contributed by atoms with van der Waals surface area (Å²) in [5.74, 6) is 0. The van der Waals surface area contributed by atoms with Crippen molar-refractivity contribution in [2.24, 2.45) is 0 Å². The number of halogens is 2. The van der Waals surface area contributed by atoms with Crippen LogP contribution < -0.4 is 4.72 Å². The lowest BCUT2D eigenvalue weighted by Gasteiger charge is -2.02. The van der Waals surface area contributed by atoms with Gasteiger partial charge in [-0.05, 0) is 18.0 Å². The Morgan fingerprint density at radius 2 is 2.36 bits per heavy atom. The first-order valence-electron chi connectivity index (χ1n) is 3.64. The van der Waals surface area contributed by atoms with E-state index in [9.17, 15) is 14.5 Å². The molecule has 0 saturated carbocycles. The Bertz CT molecular complexity index is 415. The molecular weight excluding hydrogens is 231 g/mol. The minimum Gasteiger partial charge on any atom is -0.321 e. The summed E-state index contributed by atoms with van der Waals surface area (Å²) < 4.78 is 15.8. The van der Waals surface area contributed by atoms with Crippen LogP contribution >= 0.6 is 23.5 Å². The third-order valence-electron chi connectivity index (χ3n) is 1.86. The summed E-state index contributed by atoms with van der Waals surface area (Å²) in [6.07, 6.45) is 0. The van der Waals surface area contributed by atoms with Gasteiger partial charge in [-0.2, -0.15) is 0 Å². The lowest BCUT2D eigenvalue weighted by Crippen LogP contribution is -1.93. The Hall–Kier alpha value is -1.01. The standard InChI is InChI=1S/C7H4ClFN2O2S/c8-3-1-2-4(11(12)13)6-5(3)7(9)14-10-6/h1-2,7,10H. The van der Waals surface area contributed by atoms with Gasteiger partial charge in [0.1, 0.15) is 5.69 Å². The van der Waals surface area contributed by atoms with Crippen LogP contribution in [-0.4, -0.2) is 4.92 Å². The molecule has 14 heavy (non-hydrogen) atoms. The Labute approximate surface area is 87.7 Å². The molecule has 1 aromatic carbocycles. The van der Waals surface area contributed by atoms with E-state index in [1.807, 2.05) is 0 Å². The second-order valence-corrected chi connectivity index (χ2v) is 3.91. The number of fused-ring (bicyclic) bond motifs is 1. The normalized spacial score (nSPS) is 18.9. The van der Waals surface area contributed by atoms with E-state index in [2.05, 4.69) is 4.72 Å². The van der Waals surface area contributed by atoms with E-state index in [0.29, 0.717) is 0 Å². The number of rotatable bonds is 1. The smallest absolute Gasteiger partial charge is 0.293 e. The fourth-order valence-corrected chi connectivity index (χ4v) is 2.35. The molecule has 4 nitrogen and oxygen atoms in total. The molecule has 0 aromatic heterocycles. The van der Waals surface area contributed by atoms with Crippen LogP contribution in [0.25, 0.3) is 0 Å². The highest BCUT2D eigenvalue weighted by Gasteiger charge is 2.32. The molecule has 0 bridgehead atoms. The highest BCUT2D eigenvalue weighted by Crippen LogP contribution is 2.50. The molecule has 1 aliphatic rings. The van der Waals surface area contributed by atoms with Gasteiger partial charge in [0.25, 0.3) is 5.69 Å². The van der Waals surface area contributed by atoms with Crippen molar-refractivity contribution in [3.63, 3.8) is 0 Å². The molecule has 2 rings (SSSR count). The number of nitro groups is 1. The molecule has 1 aliphatic heterocycles. The number of hydrogen-bond donors (Lipinski definition) is 1. The van der Waals surface area contributed by atoms with E-state index in [4.69, 9.17) is 11.6 Å². The van der Waals surface area contributed by atoms with E-state index >= 15 is 0 Å². The predicted molar refractivity (Wildman–Crippen MR) is 53.2 cm³/mol. The minimum atomic E-state index is -1.35. The lowest BCUT2D eigenvalue weighted by molar-refractivity contribution is -0.383. The van der Waals surface area contributed by atoms with Crippen LogP contribution in [0.4, 0.5) is 15.8 Å². The van der Waals surface area contributed by atoms with Gasteiger partial charge in [-0.15, -0.1) is 0 Å². The molecule has 1 aromatic rings. The van der Waals surface area contributed by atoms with Crippen molar-refractivity contribution >= 4 is 34.9 Å². The summed E-state index contributed by atoms with van der Waals surface area (Å²) in [7, 11) is 0. The maximum absolute atomic E-state index is 13.2. The summed E-state index contributed by atoms with van der Waals surface area (Å²) in [5.41, 5.74) is -1.18. The first-order valence-corrected chi connectivity index (χ1v) is 4.89. The second-order valence-electron chi connectivity index (χ2n) is 2.65. The van der Waals surface area contributed by atoms with Crippen LogP contribution in [0.1, 0.15) is 11.1 Å². The summed E-state index contributed by atoms with van der Waals surface area (Å²) in [4.78, 5) is 10.0. The average Bonchev–Trinajstić information content (AvgIpc) is 2.49. The summed E-state index contributed by atoms with van der Waals surface area (Å²) >= 11 is 6.49. The van der Waals surface area contributed by atoms with Gasteiger partial charge in [0.15, 0.2) is 5.50 Å². The van der Waals surface area contributed by atoms with E-state index in [-0.39, 0.29) is 22.0 Å². The van der Waals surface area contributed by atoms with E-state index in [0.717, 1.165) is 11.9 Å². The molecule has 1 heterocycles. The van der Waals surface area contributed by atoms with Crippen molar-refractivity contribution in [3.05, 3.63) is 32.8 Å². The first-order chi connectivity index (χ1) is 6.61. The quantitative estimate of drug-likeness (QED) is 0.460. The monoisotopic (exact) mass is 234 g/mol. The highest BCUT2D eigenvalue weighted by molar-refractivity contribution is 8.01. The lowest BCUT2D eigenvalue weighted by atomic mass is 10.1. The molecule has 1 atom stereocenters. The molecule has 0 spiro atoms. The fraction of sp³-hybridized carbons (Fsp3) is 0.143. The highest BCUT2D eigenvalue weighted by atomic mass is 35.5. The molecular formula is C7H4ClFN2O2S. The van der Waals surface area contributed by atoms with Crippen molar-refractivity contribution in [1.82, 2.24) is 0 Å². The maximum Gasteiger partial charge on any atom is 0.293 e. The number of nitro benzene ring substituents is 1. The Kier molecular flexibility index (Phi) is 2.24. The number of benzene rings is 1. The van der Waals surface area contributed by atoms with E-state index in [1.165, 1.54) is 12.1 Å². The average molecular weight is 235 g/mol. The summed E-state index contributed by atoms with van der Waals surface area (Å²) in [6.45, 7) is 0. The molecule has 0 radical (unpaired) electrons. The number of alkyl halides is 1. The maximum atomic E-state index is 13.2. The molecule has 0 fully saturated rings. The van der Waals surface area contributed by atoms with Gasteiger partial charge >= 0.3 is 0 Å². The van der Waals surface area contributed by atoms with Gasteiger partial charge in [-0.3, -0.25) is 10.1 Å². The van der Waals surface area contributed by atoms with Gasteiger partial charge in [-0.25, -0.2) is 4.39 Å². The summed E-state index contributed by atoms with van der Waals surface area (Å²) in [6, 6.07) is 2.59. The molecule has 0 aliphatic carbocycles. The predicted octanol–water partition coefficient (Wildman–Crippen LogP) is 3.29. The van der Waals surface area contributed by atoms with Crippen molar-refractivity contribution in [2.75, 3.05) is 4.72 Å². The van der Waals surface area contributed by atoms with Crippen molar-refractivity contribution in [1.29, 1.82) is 0 Å². The largest absolute Gasteiger partial charge is 0.321 e. The Morgan fingerprint density at radius 1 is 1.64 bits per heavy atom. The van der Waals surface area contributed by atoms with Crippen LogP contribution in [0.2, 0.25) is 5.02 Å². The molecule has 7 heteroatoms. The van der Waals surface area contributed by atoms with Gasteiger partial charge in [-0.1, -0.05) is 11.6 Å². The zero-order chi connectivity index (χ0) is 10.3. The molecule has 74 valence electrons. The van der Waals surface area contributed by atoms with Gasteiger partial charge in [0.05, 0.1) is 9.95 Å². The zero-order valence-electron chi connectivity index (χ0n) is 6.66. The van der Waals surface area contributed by atoms with Crippen LogP contribution in [0, 0.1) is 10.1 Å². The van der Waals surface area contributed by atoms with Gasteiger partial charge in [0, 0.05) is 11.6 Å². The van der Waals surface area contributed by atoms with Crippen LogP contribution in [0.5, 0.6) is 0 Å². The van der Waals surface area contributed by atoms with Crippen molar-refractivity contribution in [2.45, 2.75) is 5.50 Å². The molecule has 0 saturated heterocycles. The second kappa shape index (κ2) is 3.29. The zero-order valence-corrected chi connectivity index (χ0v) is 8.23. The van der Waals surface area contributed by atoms with Gasteiger partial charge in [0.2, 0.25) is 0 Å². The number of nitrogens with zero attached hydrogens (tertiary/aromatic N) is 1. The van der Waals surface area contributed by atoms with E-state index in [1.54, 1.807) is 0 Å². The van der Waals surface area contributed by atoms with E-state index < -0.39 is 10.4 Å². The summed E-state index contributed by atoms with van der Waals surface area (Å²) in [5, 5.41) is 10.8. The molecule has 1 N–H and O–H groups in total. The Balaban J connectivity index is 2.64. The van der Waals surface area contributed by atoms with Crippen LogP contribution in [0.15, 0.2) is 12.1 Å². The number of nitrogens with one attached hydrogen (secondary N) is 1. The van der Waals surface area contributed by atoms with Crippen molar-refractivity contribution < 1.29 is 9.31 Å². The van der Waals surface area contributed by atoms with Crippen LogP contribution in [0.3, 0.4) is 0 Å². The molecule has 0 amide bonds. The number of hydrogen-bond acceptors (Lipinski definition) is 4. The first kappa shape index (κ1) is 9.54.